The Labute approximate surface area is 161 Å². The van der Waals surface area contributed by atoms with Gasteiger partial charge in [0.15, 0.2) is 0 Å². The van der Waals surface area contributed by atoms with Crippen molar-refractivity contribution >= 4 is 11.9 Å². The van der Waals surface area contributed by atoms with Gasteiger partial charge in [-0.3, -0.25) is 4.79 Å². The first-order chi connectivity index (χ1) is 13.0. The molecule has 6 heteroatoms. The van der Waals surface area contributed by atoms with Gasteiger partial charge in [0.25, 0.3) is 5.91 Å². The van der Waals surface area contributed by atoms with Crippen molar-refractivity contribution in [2.24, 2.45) is 5.92 Å². The SMILES string of the molecule is CCOc1ccc(C(=O)NCC2CCN(c3nc(C)cc(C)n3)CC2)cc1. The highest BCUT2D eigenvalue weighted by Gasteiger charge is 2.22. The third-order valence-corrected chi connectivity index (χ3v) is 4.85. The molecule has 1 N–H and O–H groups in total. The third kappa shape index (κ3) is 5.18. The monoisotopic (exact) mass is 368 g/mol. The Morgan fingerprint density at radius 2 is 1.78 bits per heavy atom. The number of rotatable bonds is 6. The first-order valence-electron chi connectivity index (χ1n) is 9.63. The van der Waals surface area contributed by atoms with Crippen molar-refractivity contribution in [3.8, 4) is 5.75 Å². The highest BCUT2D eigenvalue weighted by atomic mass is 16.5. The maximum Gasteiger partial charge on any atom is 0.251 e. The first-order valence-corrected chi connectivity index (χ1v) is 9.63. The van der Waals surface area contributed by atoms with Gasteiger partial charge in [-0.05, 0) is 69.9 Å². The molecule has 1 fully saturated rings. The lowest BCUT2D eigenvalue weighted by Gasteiger charge is -2.32. The van der Waals surface area contributed by atoms with Crippen LogP contribution in [0.25, 0.3) is 0 Å². The van der Waals surface area contributed by atoms with Crippen LogP contribution in [0.5, 0.6) is 5.75 Å². The Balaban J connectivity index is 1.47. The number of anilines is 1. The topological polar surface area (TPSA) is 67.3 Å². The minimum absolute atomic E-state index is 0.0295. The van der Waals surface area contributed by atoms with Gasteiger partial charge in [0.2, 0.25) is 5.95 Å². The summed E-state index contributed by atoms with van der Waals surface area (Å²) in [7, 11) is 0. The number of amides is 1. The third-order valence-electron chi connectivity index (χ3n) is 4.85. The zero-order chi connectivity index (χ0) is 19.2. The van der Waals surface area contributed by atoms with Crippen LogP contribution in [-0.4, -0.2) is 42.1 Å². The zero-order valence-corrected chi connectivity index (χ0v) is 16.4. The summed E-state index contributed by atoms with van der Waals surface area (Å²) >= 11 is 0. The maximum atomic E-state index is 12.3. The van der Waals surface area contributed by atoms with Crippen molar-refractivity contribution in [2.45, 2.75) is 33.6 Å². The van der Waals surface area contributed by atoms with Gasteiger partial charge in [0.05, 0.1) is 6.61 Å². The summed E-state index contributed by atoms with van der Waals surface area (Å²) in [5.41, 5.74) is 2.67. The standard InChI is InChI=1S/C21H28N4O2/c1-4-27-19-7-5-18(6-8-19)20(26)22-14-17-9-11-25(12-10-17)21-23-15(2)13-16(3)24-21/h5-8,13,17H,4,9-12,14H2,1-3H3,(H,22,26). The summed E-state index contributed by atoms with van der Waals surface area (Å²) < 4.78 is 5.41. The molecule has 0 atom stereocenters. The molecule has 1 aliphatic heterocycles. The van der Waals surface area contributed by atoms with Crippen LogP contribution in [0.3, 0.4) is 0 Å². The van der Waals surface area contributed by atoms with E-state index < -0.39 is 0 Å². The molecule has 1 aromatic carbocycles. The van der Waals surface area contributed by atoms with Crippen LogP contribution in [0, 0.1) is 19.8 Å². The molecule has 1 aromatic heterocycles. The van der Waals surface area contributed by atoms with Gasteiger partial charge in [-0.15, -0.1) is 0 Å². The van der Waals surface area contributed by atoms with Crippen LogP contribution < -0.4 is 15.0 Å². The van der Waals surface area contributed by atoms with E-state index in [1.165, 1.54) is 0 Å². The molecule has 0 spiro atoms. The molecule has 6 nitrogen and oxygen atoms in total. The van der Waals surface area contributed by atoms with Crippen LogP contribution in [0.15, 0.2) is 30.3 Å². The summed E-state index contributed by atoms with van der Waals surface area (Å²) in [4.78, 5) is 23.7. The van der Waals surface area contributed by atoms with Gasteiger partial charge in [-0.1, -0.05) is 0 Å². The summed E-state index contributed by atoms with van der Waals surface area (Å²) in [5.74, 6) is 2.07. The molecule has 2 heterocycles. The molecular weight excluding hydrogens is 340 g/mol. The molecule has 144 valence electrons. The van der Waals surface area contributed by atoms with E-state index in [1.807, 2.05) is 39.0 Å². The Kier molecular flexibility index (Phi) is 6.27. The lowest BCUT2D eigenvalue weighted by Crippen LogP contribution is -2.39. The lowest BCUT2D eigenvalue weighted by atomic mass is 9.97. The minimum atomic E-state index is -0.0295. The van der Waals surface area contributed by atoms with Crippen LogP contribution >= 0.6 is 0 Å². The number of benzene rings is 1. The summed E-state index contributed by atoms with van der Waals surface area (Å²) in [5, 5.41) is 3.06. The Bertz CT molecular complexity index is 748. The van der Waals surface area contributed by atoms with Gasteiger partial charge in [-0.2, -0.15) is 0 Å². The number of hydrogen-bond acceptors (Lipinski definition) is 5. The van der Waals surface area contributed by atoms with E-state index in [0.717, 1.165) is 49.0 Å². The molecule has 0 unspecified atom stereocenters. The Hall–Kier alpha value is -2.63. The molecule has 27 heavy (non-hydrogen) atoms. The number of hydrogen-bond donors (Lipinski definition) is 1. The number of aromatic nitrogens is 2. The van der Waals surface area contributed by atoms with Gasteiger partial charge in [0, 0.05) is 36.6 Å². The second-order valence-electron chi connectivity index (χ2n) is 7.05. The zero-order valence-electron chi connectivity index (χ0n) is 16.4. The molecule has 0 radical (unpaired) electrons. The average molecular weight is 368 g/mol. The molecule has 1 aliphatic rings. The van der Waals surface area contributed by atoms with Gasteiger partial charge in [-0.25, -0.2) is 9.97 Å². The summed E-state index contributed by atoms with van der Waals surface area (Å²) in [6.07, 6.45) is 2.06. The van der Waals surface area contributed by atoms with E-state index >= 15 is 0 Å². The van der Waals surface area contributed by atoms with Crippen molar-refractivity contribution in [1.29, 1.82) is 0 Å². The molecule has 0 saturated carbocycles. The molecule has 1 saturated heterocycles. The number of nitrogens with one attached hydrogen (secondary N) is 1. The highest BCUT2D eigenvalue weighted by Crippen LogP contribution is 2.21. The Morgan fingerprint density at radius 3 is 2.37 bits per heavy atom. The molecule has 1 amide bonds. The molecule has 0 bridgehead atoms. The van der Waals surface area contributed by atoms with E-state index in [4.69, 9.17) is 4.74 Å². The fourth-order valence-electron chi connectivity index (χ4n) is 3.39. The smallest absolute Gasteiger partial charge is 0.251 e. The second-order valence-corrected chi connectivity index (χ2v) is 7.05. The fraction of sp³-hybridized carbons (Fsp3) is 0.476. The predicted octanol–water partition coefficient (Wildman–Crippen LogP) is 3.14. The van der Waals surface area contributed by atoms with Crippen molar-refractivity contribution in [2.75, 3.05) is 31.1 Å². The van der Waals surface area contributed by atoms with Crippen molar-refractivity contribution in [3.05, 3.63) is 47.3 Å². The second kappa shape index (κ2) is 8.84. The van der Waals surface area contributed by atoms with Crippen molar-refractivity contribution in [1.82, 2.24) is 15.3 Å². The van der Waals surface area contributed by atoms with Crippen LogP contribution in [0.1, 0.15) is 41.5 Å². The molecule has 2 aromatic rings. The Morgan fingerprint density at radius 1 is 1.15 bits per heavy atom. The largest absolute Gasteiger partial charge is 0.494 e. The van der Waals surface area contributed by atoms with Crippen LogP contribution in [0.2, 0.25) is 0 Å². The van der Waals surface area contributed by atoms with E-state index in [-0.39, 0.29) is 5.91 Å². The van der Waals surface area contributed by atoms with E-state index in [9.17, 15) is 4.79 Å². The van der Waals surface area contributed by atoms with Gasteiger partial charge >= 0.3 is 0 Å². The van der Waals surface area contributed by atoms with Crippen LogP contribution in [-0.2, 0) is 0 Å². The number of carbonyl (C=O) groups excluding carboxylic acids is 1. The van der Waals surface area contributed by atoms with Crippen LogP contribution in [0.4, 0.5) is 5.95 Å². The van der Waals surface area contributed by atoms with Crippen molar-refractivity contribution < 1.29 is 9.53 Å². The van der Waals surface area contributed by atoms with Gasteiger partial charge in [0.1, 0.15) is 5.75 Å². The maximum absolute atomic E-state index is 12.3. The quantitative estimate of drug-likeness (QED) is 0.848. The first kappa shape index (κ1) is 19.1. The molecule has 0 aliphatic carbocycles. The fourth-order valence-corrected chi connectivity index (χ4v) is 3.39. The average Bonchev–Trinajstić information content (AvgIpc) is 2.66. The molecular formula is C21H28N4O2. The van der Waals surface area contributed by atoms with E-state index in [0.29, 0.717) is 24.6 Å². The lowest BCUT2D eigenvalue weighted by molar-refractivity contribution is 0.0945. The van der Waals surface area contributed by atoms with Crippen molar-refractivity contribution in [3.63, 3.8) is 0 Å². The van der Waals surface area contributed by atoms with E-state index in [2.05, 4.69) is 20.2 Å². The summed E-state index contributed by atoms with van der Waals surface area (Å²) in [6, 6.07) is 9.27. The number of nitrogens with zero attached hydrogens (tertiary/aromatic N) is 3. The molecule has 3 rings (SSSR count). The summed E-state index contributed by atoms with van der Waals surface area (Å²) in [6.45, 7) is 9.12. The van der Waals surface area contributed by atoms with Gasteiger partial charge < -0.3 is 15.0 Å². The number of carbonyl (C=O) groups is 1. The number of aryl methyl sites for hydroxylation is 2. The minimum Gasteiger partial charge on any atom is -0.494 e. The highest BCUT2D eigenvalue weighted by molar-refractivity contribution is 5.94. The number of ether oxygens (including phenoxy) is 1. The number of piperidine rings is 1. The predicted molar refractivity (Wildman–Crippen MR) is 106 cm³/mol. The van der Waals surface area contributed by atoms with E-state index in [1.54, 1.807) is 12.1 Å². The normalized spacial score (nSPS) is 14.9.